The number of nitrogens with one attached hydrogen (secondary N) is 1. The summed E-state index contributed by atoms with van der Waals surface area (Å²) in [5, 5.41) is 3.13. The number of hydrogen-bond donors (Lipinski definition) is 2. The molecule has 0 aromatic heterocycles. The normalized spacial score (nSPS) is 16.7. The maximum Gasteiger partial charge on any atom is 0.220 e. The Bertz CT molecular complexity index is 468. The second-order valence-electron chi connectivity index (χ2n) is 6.01. The van der Waals surface area contributed by atoms with E-state index in [-0.39, 0.29) is 11.4 Å². The molecular formula is C17H26N2O2. The van der Waals surface area contributed by atoms with E-state index in [0.29, 0.717) is 19.6 Å². The molecule has 4 heteroatoms. The summed E-state index contributed by atoms with van der Waals surface area (Å²) in [5.41, 5.74) is 6.86. The molecule has 1 aliphatic carbocycles. The summed E-state index contributed by atoms with van der Waals surface area (Å²) < 4.78 is 5.65. The van der Waals surface area contributed by atoms with E-state index in [9.17, 15) is 4.79 Å². The molecule has 0 atom stereocenters. The van der Waals surface area contributed by atoms with Crippen LogP contribution < -0.4 is 15.8 Å². The summed E-state index contributed by atoms with van der Waals surface area (Å²) in [7, 11) is 0. The number of hydrogen-bond acceptors (Lipinski definition) is 3. The van der Waals surface area contributed by atoms with Crippen LogP contribution in [-0.2, 0) is 4.79 Å². The zero-order valence-electron chi connectivity index (χ0n) is 12.9. The van der Waals surface area contributed by atoms with Crippen molar-refractivity contribution in [3.63, 3.8) is 0 Å². The molecule has 21 heavy (non-hydrogen) atoms. The van der Waals surface area contributed by atoms with Gasteiger partial charge in [-0.05, 0) is 43.9 Å². The Kier molecular flexibility index (Phi) is 5.62. The monoisotopic (exact) mass is 290 g/mol. The lowest BCUT2D eigenvalue weighted by molar-refractivity contribution is -0.123. The Morgan fingerprint density at radius 3 is 2.81 bits per heavy atom. The van der Waals surface area contributed by atoms with Crippen molar-refractivity contribution in [1.29, 1.82) is 0 Å². The van der Waals surface area contributed by atoms with E-state index in [0.717, 1.165) is 37.9 Å². The first-order chi connectivity index (χ1) is 10.1. The molecule has 0 saturated heterocycles. The number of rotatable bonds is 7. The molecule has 3 N–H and O–H groups in total. The number of benzene rings is 1. The van der Waals surface area contributed by atoms with Crippen LogP contribution >= 0.6 is 0 Å². The SMILES string of the molecule is Cc1cccc(OCCCC(=O)NC2(CN)CCCC2)c1. The predicted molar refractivity (Wildman–Crippen MR) is 84.3 cm³/mol. The largest absolute Gasteiger partial charge is 0.494 e. The number of carbonyl (C=O) groups excluding carboxylic acids is 1. The smallest absolute Gasteiger partial charge is 0.220 e. The van der Waals surface area contributed by atoms with Crippen LogP contribution in [-0.4, -0.2) is 24.6 Å². The lowest BCUT2D eigenvalue weighted by Gasteiger charge is -2.28. The number of amides is 1. The Balaban J connectivity index is 1.67. The lowest BCUT2D eigenvalue weighted by Crippen LogP contribution is -2.51. The van der Waals surface area contributed by atoms with Gasteiger partial charge >= 0.3 is 0 Å². The van der Waals surface area contributed by atoms with Crippen LogP contribution in [0.5, 0.6) is 5.75 Å². The van der Waals surface area contributed by atoms with Gasteiger partial charge < -0.3 is 15.8 Å². The highest BCUT2D eigenvalue weighted by atomic mass is 16.5. The fourth-order valence-corrected chi connectivity index (χ4v) is 2.92. The first-order valence-corrected chi connectivity index (χ1v) is 7.84. The van der Waals surface area contributed by atoms with Gasteiger partial charge in [0.15, 0.2) is 0 Å². The number of aryl methyl sites for hydroxylation is 1. The predicted octanol–water partition coefficient (Wildman–Crippen LogP) is 2.54. The standard InChI is InChI=1S/C17H26N2O2/c1-14-6-4-7-15(12-14)21-11-5-8-16(20)19-17(13-18)9-2-3-10-17/h4,6-7,12H,2-3,5,8-11,13,18H2,1H3,(H,19,20). The van der Waals surface area contributed by atoms with E-state index in [1.165, 1.54) is 5.56 Å². The first-order valence-electron chi connectivity index (χ1n) is 7.84. The molecule has 0 bridgehead atoms. The van der Waals surface area contributed by atoms with E-state index in [2.05, 4.69) is 5.32 Å². The average molecular weight is 290 g/mol. The number of carbonyl (C=O) groups is 1. The minimum absolute atomic E-state index is 0.0928. The second kappa shape index (κ2) is 7.46. The molecule has 116 valence electrons. The van der Waals surface area contributed by atoms with Gasteiger partial charge in [0.1, 0.15) is 5.75 Å². The molecule has 1 aliphatic rings. The van der Waals surface area contributed by atoms with Crippen molar-refractivity contribution in [3.8, 4) is 5.75 Å². The van der Waals surface area contributed by atoms with Gasteiger partial charge in [-0.1, -0.05) is 25.0 Å². The third kappa shape index (κ3) is 4.74. The highest BCUT2D eigenvalue weighted by molar-refractivity contribution is 5.76. The van der Waals surface area contributed by atoms with Gasteiger partial charge in [-0.3, -0.25) is 4.79 Å². The molecule has 2 rings (SSSR count). The molecule has 0 unspecified atom stereocenters. The molecule has 0 heterocycles. The molecule has 0 radical (unpaired) electrons. The van der Waals surface area contributed by atoms with Crippen molar-refractivity contribution in [2.24, 2.45) is 5.73 Å². The van der Waals surface area contributed by atoms with E-state index >= 15 is 0 Å². The summed E-state index contributed by atoms with van der Waals surface area (Å²) in [5.74, 6) is 0.958. The van der Waals surface area contributed by atoms with Crippen LogP contribution in [0.2, 0.25) is 0 Å². The van der Waals surface area contributed by atoms with E-state index in [1.807, 2.05) is 31.2 Å². The maximum atomic E-state index is 12.0. The van der Waals surface area contributed by atoms with Gasteiger partial charge in [-0.2, -0.15) is 0 Å². The van der Waals surface area contributed by atoms with Crippen molar-refractivity contribution in [2.45, 2.75) is 51.0 Å². The van der Waals surface area contributed by atoms with Crippen molar-refractivity contribution in [2.75, 3.05) is 13.2 Å². The van der Waals surface area contributed by atoms with Gasteiger partial charge in [-0.15, -0.1) is 0 Å². The third-order valence-corrected chi connectivity index (χ3v) is 4.16. The van der Waals surface area contributed by atoms with E-state index < -0.39 is 0 Å². The van der Waals surface area contributed by atoms with Gasteiger partial charge in [0.2, 0.25) is 5.91 Å². The average Bonchev–Trinajstić information content (AvgIpc) is 2.93. The Morgan fingerprint density at radius 1 is 1.38 bits per heavy atom. The van der Waals surface area contributed by atoms with E-state index in [4.69, 9.17) is 10.5 Å². The van der Waals surface area contributed by atoms with Gasteiger partial charge in [0, 0.05) is 13.0 Å². The van der Waals surface area contributed by atoms with E-state index in [1.54, 1.807) is 0 Å². The maximum absolute atomic E-state index is 12.0. The van der Waals surface area contributed by atoms with Crippen LogP contribution in [0.1, 0.15) is 44.1 Å². The van der Waals surface area contributed by atoms with Gasteiger partial charge in [0.25, 0.3) is 0 Å². The van der Waals surface area contributed by atoms with Crippen molar-refractivity contribution in [1.82, 2.24) is 5.32 Å². The molecule has 1 fully saturated rings. The summed E-state index contributed by atoms with van der Waals surface area (Å²) >= 11 is 0. The molecule has 1 aromatic carbocycles. The van der Waals surface area contributed by atoms with Crippen LogP contribution in [0.3, 0.4) is 0 Å². The summed E-state index contributed by atoms with van der Waals surface area (Å²) in [6.45, 7) is 3.14. The summed E-state index contributed by atoms with van der Waals surface area (Å²) in [4.78, 5) is 12.0. The summed E-state index contributed by atoms with van der Waals surface area (Å²) in [6.07, 6.45) is 5.56. The fraction of sp³-hybridized carbons (Fsp3) is 0.588. The second-order valence-corrected chi connectivity index (χ2v) is 6.01. The zero-order chi connectivity index (χ0) is 15.1. The lowest BCUT2D eigenvalue weighted by atomic mass is 9.97. The Hall–Kier alpha value is -1.55. The zero-order valence-corrected chi connectivity index (χ0v) is 12.9. The highest BCUT2D eigenvalue weighted by Crippen LogP contribution is 2.28. The van der Waals surface area contributed by atoms with Crippen LogP contribution in [0, 0.1) is 6.92 Å². The highest BCUT2D eigenvalue weighted by Gasteiger charge is 2.33. The molecule has 0 aliphatic heterocycles. The third-order valence-electron chi connectivity index (χ3n) is 4.16. The molecule has 1 saturated carbocycles. The van der Waals surface area contributed by atoms with Crippen molar-refractivity contribution in [3.05, 3.63) is 29.8 Å². The van der Waals surface area contributed by atoms with Crippen molar-refractivity contribution >= 4 is 5.91 Å². The van der Waals surface area contributed by atoms with Gasteiger partial charge in [0.05, 0.1) is 12.1 Å². The van der Waals surface area contributed by atoms with Crippen LogP contribution in [0.15, 0.2) is 24.3 Å². The molecule has 0 spiro atoms. The fourth-order valence-electron chi connectivity index (χ4n) is 2.92. The Morgan fingerprint density at radius 2 is 2.14 bits per heavy atom. The van der Waals surface area contributed by atoms with Crippen LogP contribution in [0.4, 0.5) is 0 Å². The minimum atomic E-state index is -0.144. The number of ether oxygens (including phenoxy) is 1. The van der Waals surface area contributed by atoms with Crippen LogP contribution in [0.25, 0.3) is 0 Å². The molecule has 4 nitrogen and oxygen atoms in total. The molecule has 1 amide bonds. The van der Waals surface area contributed by atoms with Gasteiger partial charge in [-0.25, -0.2) is 0 Å². The van der Waals surface area contributed by atoms with Crippen molar-refractivity contribution < 1.29 is 9.53 Å². The molecular weight excluding hydrogens is 264 g/mol. The molecule has 1 aromatic rings. The number of nitrogens with two attached hydrogens (primary N) is 1. The summed E-state index contributed by atoms with van der Waals surface area (Å²) in [6, 6.07) is 7.95. The quantitative estimate of drug-likeness (QED) is 0.759. The first kappa shape index (κ1) is 15.8. The minimum Gasteiger partial charge on any atom is -0.494 e. The topological polar surface area (TPSA) is 64.3 Å². The Labute approximate surface area is 127 Å².